The molecule has 0 bridgehead atoms. The molecule has 2 rings (SSSR count). The SMILES string of the molecule is CN1c2cc(F)cc(F)c2NC(=O)C1CCN. The lowest BCUT2D eigenvalue weighted by molar-refractivity contribution is -0.117. The largest absolute Gasteiger partial charge is 0.361 e. The van der Waals surface area contributed by atoms with Crippen LogP contribution in [0, 0.1) is 11.6 Å². The minimum atomic E-state index is -0.772. The fraction of sp³-hybridized carbons (Fsp3) is 0.364. The summed E-state index contributed by atoms with van der Waals surface area (Å²) < 4.78 is 26.6. The summed E-state index contributed by atoms with van der Waals surface area (Å²) in [4.78, 5) is 13.3. The lowest BCUT2D eigenvalue weighted by Crippen LogP contribution is -2.47. The number of amides is 1. The number of rotatable bonds is 2. The third-order valence-electron chi connectivity index (χ3n) is 2.87. The molecule has 17 heavy (non-hydrogen) atoms. The van der Waals surface area contributed by atoms with Crippen LogP contribution >= 0.6 is 0 Å². The minimum absolute atomic E-state index is 0.0205. The second-order valence-corrected chi connectivity index (χ2v) is 3.98. The number of carbonyl (C=O) groups excluding carboxylic acids is 1. The lowest BCUT2D eigenvalue weighted by atomic mass is 10.1. The highest BCUT2D eigenvalue weighted by atomic mass is 19.1. The van der Waals surface area contributed by atoms with Gasteiger partial charge in [0.15, 0.2) is 5.82 Å². The standard InChI is InChI=1S/C11H13F2N3O/c1-16-8(2-3-14)11(17)15-10-7(13)4-6(12)5-9(10)16/h4-5,8H,2-3,14H2,1H3,(H,15,17). The van der Waals surface area contributed by atoms with Gasteiger partial charge < -0.3 is 16.0 Å². The number of hydrogen-bond donors (Lipinski definition) is 2. The van der Waals surface area contributed by atoms with E-state index in [9.17, 15) is 13.6 Å². The van der Waals surface area contributed by atoms with Crippen LogP contribution in [0.1, 0.15) is 6.42 Å². The molecule has 4 nitrogen and oxygen atoms in total. The Morgan fingerprint density at radius 1 is 1.47 bits per heavy atom. The Morgan fingerprint density at radius 2 is 2.18 bits per heavy atom. The molecule has 1 aromatic rings. The molecular formula is C11H13F2N3O. The lowest BCUT2D eigenvalue weighted by Gasteiger charge is -2.35. The van der Waals surface area contributed by atoms with Crippen LogP contribution < -0.4 is 16.0 Å². The third kappa shape index (κ3) is 1.95. The fourth-order valence-electron chi connectivity index (χ4n) is 1.99. The highest BCUT2D eigenvalue weighted by molar-refractivity contribution is 6.03. The summed E-state index contributed by atoms with van der Waals surface area (Å²) in [5.41, 5.74) is 5.76. The Bertz CT molecular complexity index is 464. The monoisotopic (exact) mass is 241 g/mol. The number of hydrogen-bond acceptors (Lipinski definition) is 3. The summed E-state index contributed by atoms with van der Waals surface area (Å²) in [7, 11) is 1.62. The number of likely N-dealkylation sites (N-methyl/N-ethyl adjacent to an activating group) is 1. The zero-order chi connectivity index (χ0) is 12.6. The summed E-state index contributed by atoms with van der Waals surface area (Å²) in [5.74, 6) is -1.77. The van der Waals surface area contributed by atoms with E-state index < -0.39 is 17.7 Å². The average Bonchev–Trinajstić information content (AvgIpc) is 2.26. The maximum atomic E-state index is 13.5. The van der Waals surface area contributed by atoms with Crippen molar-refractivity contribution in [1.82, 2.24) is 0 Å². The predicted molar refractivity (Wildman–Crippen MR) is 60.9 cm³/mol. The van der Waals surface area contributed by atoms with Crippen LogP contribution in [0.15, 0.2) is 12.1 Å². The number of anilines is 2. The Morgan fingerprint density at radius 3 is 2.82 bits per heavy atom. The van der Waals surface area contributed by atoms with E-state index in [0.29, 0.717) is 18.7 Å². The maximum Gasteiger partial charge on any atom is 0.247 e. The van der Waals surface area contributed by atoms with Crippen LogP contribution in [0.5, 0.6) is 0 Å². The molecule has 1 unspecified atom stereocenters. The minimum Gasteiger partial charge on any atom is -0.361 e. The summed E-state index contributed by atoms with van der Waals surface area (Å²) in [5, 5.41) is 2.44. The van der Waals surface area contributed by atoms with Crippen molar-refractivity contribution < 1.29 is 13.6 Å². The van der Waals surface area contributed by atoms with E-state index in [0.717, 1.165) is 6.07 Å². The van der Waals surface area contributed by atoms with Gasteiger partial charge in [-0.05, 0) is 19.0 Å². The topological polar surface area (TPSA) is 58.4 Å². The highest BCUT2D eigenvalue weighted by Gasteiger charge is 2.31. The van der Waals surface area contributed by atoms with E-state index in [-0.39, 0.29) is 11.6 Å². The van der Waals surface area contributed by atoms with Crippen molar-refractivity contribution in [2.45, 2.75) is 12.5 Å². The molecule has 1 aliphatic rings. The van der Waals surface area contributed by atoms with Gasteiger partial charge in [0.25, 0.3) is 0 Å². The van der Waals surface area contributed by atoms with Crippen LogP contribution in [0.25, 0.3) is 0 Å². The van der Waals surface area contributed by atoms with Gasteiger partial charge in [-0.25, -0.2) is 8.78 Å². The molecule has 1 amide bonds. The molecule has 1 atom stereocenters. The number of nitrogens with two attached hydrogens (primary N) is 1. The Kier molecular flexibility index (Phi) is 2.97. The third-order valence-corrected chi connectivity index (χ3v) is 2.87. The number of nitrogens with one attached hydrogen (secondary N) is 1. The van der Waals surface area contributed by atoms with E-state index >= 15 is 0 Å². The van der Waals surface area contributed by atoms with E-state index in [1.165, 1.54) is 6.07 Å². The van der Waals surface area contributed by atoms with Gasteiger partial charge in [0.05, 0.1) is 5.69 Å². The Hall–Kier alpha value is -1.69. The molecule has 3 N–H and O–H groups in total. The molecule has 0 aromatic heterocycles. The van der Waals surface area contributed by atoms with Gasteiger partial charge in [-0.2, -0.15) is 0 Å². The van der Waals surface area contributed by atoms with E-state index in [2.05, 4.69) is 5.32 Å². The van der Waals surface area contributed by atoms with Crippen molar-refractivity contribution in [2.24, 2.45) is 5.73 Å². The van der Waals surface area contributed by atoms with Crippen molar-refractivity contribution in [3.8, 4) is 0 Å². The molecular weight excluding hydrogens is 228 g/mol. The molecule has 0 spiro atoms. The van der Waals surface area contributed by atoms with Crippen molar-refractivity contribution >= 4 is 17.3 Å². The normalized spacial score (nSPS) is 18.9. The molecule has 1 heterocycles. The number of nitrogens with zero attached hydrogens (tertiary/aromatic N) is 1. The van der Waals surface area contributed by atoms with Crippen molar-refractivity contribution in [2.75, 3.05) is 23.8 Å². The first kappa shape index (κ1) is 11.8. The smallest absolute Gasteiger partial charge is 0.247 e. The molecule has 0 saturated carbocycles. The van der Waals surface area contributed by atoms with Gasteiger partial charge in [0, 0.05) is 13.1 Å². The first-order valence-corrected chi connectivity index (χ1v) is 5.27. The van der Waals surface area contributed by atoms with Crippen LogP contribution in [-0.4, -0.2) is 25.5 Å². The van der Waals surface area contributed by atoms with Crippen LogP contribution in [0.3, 0.4) is 0 Å². The molecule has 1 aliphatic heterocycles. The quantitative estimate of drug-likeness (QED) is 0.814. The highest BCUT2D eigenvalue weighted by Crippen LogP contribution is 2.34. The van der Waals surface area contributed by atoms with Crippen molar-refractivity contribution in [1.29, 1.82) is 0 Å². The summed E-state index contributed by atoms with van der Waals surface area (Å²) in [6.07, 6.45) is 0.430. The van der Waals surface area contributed by atoms with Crippen LogP contribution in [0.4, 0.5) is 20.2 Å². The molecule has 1 aromatic carbocycles. The Balaban J connectivity index is 2.46. The average molecular weight is 241 g/mol. The predicted octanol–water partition coefficient (Wildman–Crippen LogP) is 1.07. The molecule has 0 saturated heterocycles. The molecule has 0 aliphatic carbocycles. The second kappa shape index (κ2) is 4.29. The van der Waals surface area contributed by atoms with Crippen LogP contribution in [-0.2, 0) is 4.79 Å². The van der Waals surface area contributed by atoms with Gasteiger partial charge >= 0.3 is 0 Å². The second-order valence-electron chi connectivity index (χ2n) is 3.98. The maximum absolute atomic E-state index is 13.5. The first-order valence-electron chi connectivity index (χ1n) is 5.27. The van der Waals surface area contributed by atoms with Gasteiger partial charge in [0.2, 0.25) is 5.91 Å². The molecule has 92 valence electrons. The van der Waals surface area contributed by atoms with E-state index in [1.807, 2.05) is 0 Å². The van der Waals surface area contributed by atoms with Gasteiger partial charge in [-0.15, -0.1) is 0 Å². The fourth-order valence-corrected chi connectivity index (χ4v) is 1.99. The molecule has 0 fully saturated rings. The number of halogens is 2. The van der Waals surface area contributed by atoms with Gasteiger partial charge in [-0.3, -0.25) is 4.79 Å². The zero-order valence-electron chi connectivity index (χ0n) is 9.34. The first-order chi connectivity index (χ1) is 8.04. The van der Waals surface area contributed by atoms with Crippen molar-refractivity contribution in [3.05, 3.63) is 23.8 Å². The zero-order valence-corrected chi connectivity index (χ0v) is 9.34. The van der Waals surface area contributed by atoms with E-state index in [4.69, 9.17) is 5.73 Å². The number of carbonyl (C=O) groups is 1. The van der Waals surface area contributed by atoms with Crippen molar-refractivity contribution in [3.63, 3.8) is 0 Å². The summed E-state index contributed by atoms with van der Waals surface area (Å²) in [6, 6.07) is 1.45. The van der Waals surface area contributed by atoms with Gasteiger partial charge in [-0.1, -0.05) is 0 Å². The molecule has 6 heteroatoms. The van der Waals surface area contributed by atoms with E-state index in [1.54, 1.807) is 11.9 Å². The van der Waals surface area contributed by atoms with Crippen LogP contribution in [0.2, 0.25) is 0 Å². The number of fused-ring (bicyclic) bond motifs is 1. The molecule has 0 radical (unpaired) electrons. The number of benzene rings is 1. The Labute approximate surface area is 97.4 Å². The summed E-state index contributed by atoms with van der Waals surface area (Å²) in [6.45, 7) is 0.329. The van der Waals surface area contributed by atoms with Gasteiger partial charge in [0.1, 0.15) is 17.5 Å². The summed E-state index contributed by atoms with van der Waals surface area (Å²) >= 11 is 0.